The Morgan fingerprint density at radius 3 is 2.39 bits per heavy atom. The Kier molecular flexibility index (Phi) is 6.36. The van der Waals surface area contributed by atoms with Gasteiger partial charge >= 0.3 is 5.97 Å². The molecule has 0 saturated carbocycles. The van der Waals surface area contributed by atoms with E-state index in [1.165, 1.54) is 26.4 Å². The topological polar surface area (TPSA) is 82.1 Å². The number of phenols is 1. The lowest BCUT2D eigenvalue weighted by molar-refractivity contribution is -0.151. The number of allylic oxidation sites excluding steroid dienone is 2. The van der Waals surface area contributed by atoms with Gasteiger partial charge in [-0.3, -0.25) is 9.59 Å². The maximum absolute atomic E-state index is 13.2. The third kappa shape index (κ3) is 4.29. The molecule has 3 aromatic carbocycles. The van der Waals surface area contributed by atoms with Crippen LogP contribution in [-0.2, 0) is 14.3 Å². The number of hydrogen-bond donors (Lipinski definition) is 1. The molecule has 6 nitrogen and oxygen atoms in total. The normalized spacial score (nSPS) is 18.0. The van der Waals surface area contributed by atoms with Crippen molar-refractivity contribution in [2.75, 3.05) is 20.8 Å². The molecule has 2 unspecified atom stereocenters. The van der Waals surface area contributed by atoms with E-state index in [1.54, 1.807) is 13.0 Å². The van der Waals surface area contributed by atoms with Gasteiger partial charge in [-0.05, 0) is 47.4 Å². The number of aromatic hydroxyl groups is 1. The Balaban J connectivity index is 1.81. The quantitative estimate of drug-likeness (QED) is 0.429. The first-order chi connectivity index (χ1) is 16.0. The first-order valence-corrected chi connectivity index (χ1v) is 10.8. The standard InChI is InChI=1S/C27H26O6/c1-4-33-27(30)26-21(18-10-9-16-7-5-6-8-17(16)11-18)12-19(13-23(26)29)20-14-24(31-2)25(32-3)15-22(20)28/h5-11,13-15,21,26,28H,4,12H2,1-3H3. The van der Waals surface area contributed by atoms with Crippen LogP contribution in [0.5, 0.6) is 17.2 Å². The van der Waals surface area contributed by atoms with Gasteiger partial charge in [0.1, 0.15) is 11.7 Å². The summed E-state index contributed by atoms with van der Waals surface area (Å²) in [7, 11) is 2.99. The molecule has 0 aromatic heterocycles. The summed E-state index contributed by atoms with van der Waals surface area (Å²) in [6, 6.07) is 17.0. The summed E-state index contributed by atoms with van der Waals surface area (Å²) in [5.41, 5.74) is 1.96. The van der Waals surface area contributed by atoms with Gasteiger partial charge in [0.2, 0.25) is 0 Å². The molecular formula is C27H26O6. The Bertz CT molecular complexity index is 1240. The second kappa shape index (κ2) is 9.36. The molecule has 0 spiro atoms. The van der Waals surface area contributed by atoms with Crippen molar-refractivity contribution in [3.05, 3.63) is 71.8 Å². The molecule has 1 aliphatic carbocycles. The van der Waals surface area contributed by atoms with Crippen molar-refractivity contribution in [2.45, 2.75) is 19.3 Å². The Morgan fingerprint density at radius 1 is 1.00 bits per heavy atom. The molecule has 0 heterocycles. The van der Waals surface area contributed by atoms with Crippen molar-refractivity contribution >= 4 is 28.1 Å². The summed E-state index contributed by atoms with van der Waals surface area (Å²) in [6.07, 6.45) is 1.80. The second-order valence-corrected chi connectivity index (χ2v) is 7.94. The smallest absolute Gasteiger partial charge is 0.317 e. The fourth-order valence-electron chi connectivity index (χ4n) is 4.45. The number of methoxy groups -OCH3 is 2. The van der Waals surface area contributed by atoms with Crippen LogP contribution < -0.4 is 9.47 Å². The predicted molar refractivity (Wildman–Crippen MR) is 126 cm³/mol. The molecule has 3 aromatic rings. The van der Waals surface area contributed by atoms with Crippen molar-refractivity contribution in [3.63, 3.8) is 0 Å². The molecule has 1 aliphatic rings. The van der Waals surface area contributed by atoms with Crippen molar-refractivity contribution in [1.82, 2.24) is 0 Å². The number of carbonyl (C=O) groups is 2. The second-order valence-electron chi connectivity index (χ2n) is 7.94. The zero-order chi connectivity index (χ0) is 23.5. The lowest BCUT2D eigenvalue weighted by atomic mass is 9.73. The lowest BCUT2D eigenvalue weighted by Gasteiger charge is -2.30. The van der Waals surface area contributed by atoms with E-state index in [1.807, 2.05) is 42.5 Å². The molecular weight excluding hydrogens is 420 g/mol. The minimum atomic E-state index is -0.947. The van der Waals surface area contributed by atoms with Gasteiger partial charge in [-0.1, -0.05) is 42.5 Å². The monoisotopic (exact) mass is 446 g/mol. The van der Waals surface area contributed by atoms with Crippen LogP contribution in [0.3, 0.4) is 0 Å². The van der Waals surface area contributed by atoms with E-state index in [-0.39, 0.29) is 18.1 Å². The van der Waals surface area contributed by atoms with Crippen LogP contribution in [0.25, 0.3) is 16.3 Å². The molecule has 0 amide bonds. The molecule has 33 heavy (non-hydrogen) atoms. The van der Waals surface area contributed by atoms with Crippen LogP contribution in [0.1, 0.15) is 30.4 Å². The number of ether oxygens (including phenoxy) is 3. The molecule has 0 radical (unpaired) electrons. The number of rotatable bonds is 6. The van der Waals surface area contributed by atoms with Gasteiger partial charge in [-0.2, -0.15) is 0 Å². The first kappa shape index (κ1) is 22.4. The van der Waals surface area contributed by atoms with E-state index in [2.05, 4.69) is 0 Å². The van der Waals surface area contributed by atoms with E-state index < -0.39 is 17.8 Å². The van der Waals surface area contributed by atoms with E-state index in [4.69, 9.17) is 14.2 Å². The van der Waals surface area contributed by atoms with E-state index in [0.717, 1.165) is 16.3 Å². The van der Waals surface area contributed by atoms with Crippen molar-refractivity contribution in [2.24, 2.45) is 5.92 Å². The summed E-state index contributed by atoms with van der Waals surface area (Å²) in [5, 5.41) is 12.8. The van der Waals surface area contributed by atoms with Crippen molar-refractivity contribution < 1.29 is 28.9 Å². The highest BCUT2D eigenvalue weighted by atomic mass is 16.5. The van der Waals surface area contributed by atoms with Gasteiger partial charge in [-0.15, -0.1) is 0 Å². The number of esters is 1. The maximum atomic E-state index is 13.2. The minimum absolute atomic E-state index is 0.0291. The molecule has 0 aliphatic heterocycles. The van der Waals surface area contributed by atoms with Gasteiger partial charge in [0, 0.05) is 17.5 Å². The lowest BCUT2D eigenvalue weighted by Crippen LogP contribution is -2.34. The number of carbonyl (C=O) groups excluding carboxylic acids is 2. The Morgan fingerprint density at radius 2 is 1.70 bits per heavy atom. The fourth-order valence-corrected chi connectivity index (χ4v) is 4.45. The number of fused-ring (bicyclic) bond motifs is 1. The maximum Gasteiger partial charge on any atom is 0.317 e. The highest BCUT2D eigenvalue weighted by Crippen LogP contribution is 2.45. The van der Waals surface area contributed by atoms with Gasteiger partial charge in [0.25, 0.3) is 0 Å². The van der Waals surface area contributed by atoms with Crippen LogP contribution in [0.15, 0.2) is 60.7 Å². The molecule has 6 heteroatoms. The highest BCUT2D eigenvalue weighted by Gasteiger charge is 2.40. The largest absolute Gasteiger partial charge is 0.507 e. The van der Waals surface area contributed by atoms with Crippen LogP contribution in [0, 0.1) is 5.92 Å². The summed E-state index contributed by atoms with van der Waals surface area (Å²) < 4.78 is 15.9. The molecule has 0 saturated heterocycles. The predicted octanol–water partition coefficient (Wildman–Crippen LogP) is 4.88. The SMILES string of the molecule is CCOC(=O)C1C(=O)C=C(c2cc(OC)c(OC)cc2O)CC1c1ccc2ccccc2c1. The number of hydrogen-bond acceptors (Lipinski definition) is 6. The van der Waals surface area contributed by atoms with Crippen LogP contribution in [0.4, 0.5) is 0 Å². The third-order valence-corrected chi connectivity index (χ3v) is 6.06. The number of ketones is 1. The Labute approximate surface area is 192 Å². The zero-order valence-electron chi connectivity index (χ0n) is 18.8. The average Bonchev–Trinajstić information content (AvgIpc) is 2.83. The van der Waals surface area contributed by atoms with Gasteiger partial charge in [0.15, 0.2) is 17.3 Å². The molecule has 4 rings (SSSR count). The van der Waals surface area contributed by atoms with Crippen LogP contribution >= 0.6 is 0 Å². The Hall–Kier alpha value is -3.80. The summed E-state index contributed by atoms with van der Waals surface area (Å²) in [5.74, 6) is -1.47. The van der Waals surface area contributed by atoms with E-state index in [0.29, 0.717) is 29.1 Å². The van der Waals surface area contributed by atoms with Crippen molar-refractivity contribution in [3.8, 4) is 17.2 Å². The minimum Gasteiger partial charge on any atom is -0.507 e. The summed E-state index contributed by atoms with van der Waals surface area (Å²) >= 11 is 0. The highest BCUT2D eigenvalue weighted by molar-refractivity contribution is 6.11. The average molecular weight is 446 g/mol. The van der Waals surface area contributed by atoms with E-state index in [9.17, 15) is 14.7 Å². The number of benzene rings is 3. The molecule has 2 atom stereocenters. The van der Waals surface area contributed by atoms with Crippen LogP contribution in [-0.4, -0.2) is 37.7 Å². The zero-order valence-corrected chi connectivity index (χ0v) is 18.8. The fraction of sp³-hybridized carbons (Fsp3) is 0.259. The molecule has 170 valence electrons. The van der Waals surface area contributed by atoms with Gasteiger partial charge < -0.3 is 19.3 Å². The molecule has 1 N–H and O–H groups in total. The molecule has 0 fully saturated rings. The van der Waals surface area contributed by atoms with Crippen LogP contribution in [0.2, 0.25) is 0 Å². The van der Waals surface area contributed by atoms with E-state index >= 15 is 0 Å². The molecule has 0 bridgehead atoms. The third-order valence-electron chi connectivity index (χ3n) is 6.06. The van der Waals surface area contributed by atoms with Crippen molar-refractivity contribution in [1.29, 1.82) is 0 Å². The van der Waals surface area contributed by atoms with Gasteiger partial charge in [-0.25, -0.2) is 0 Å². The summed E-state index contributed by atoms with van der Waals surface area (Å²) in [4.78, 5) is 26.0. The first-order valence-electron chi connectivity index (χ1n) is 10.8. The summed E-state index contributed by atoms with van der Waals surface area (Å²) in [6.45, 7) is 1.92. The number of phenolic OH excluding ortho intramolecular Hbond substituents is 1. The van der Waals surface area contributed by atoms with Gasteiger partial charge in [0.05, 0.1) is 20.8 Å².